The number of hydrogen-bond acceptors (Lipinski definition) is 4. The van der Waals surface area contributed by atoms with Crippen molar-refractivity contribution in [2.24, 2.45) is 0 Å². The monoisotopic (exact) mass is 521 g/mol. The number of carbonyl (C=O) groups is 1. The molecule has 2 aromatic heterocycles. The lowest BCUT2D eigenvalue weighted by Crippen LogP contribution is -2.30. The molecule has 1 aliphatic rings. The van der Waals surface area contributed by atoms with Gasteiger partial charge in [0.05, 0.1) is 28.1 Å². The highest BCUT2D eigenvalue weighted by Crippen LogP contribution is 2.33. The first-order chi connectivity index (χ1) is 17.4. The van der Waals surface area contributed by atoms with E-state index in [-0.39, 0.29) is 23.5 Å². The lowest BCUT2D eigenvalue weighted by atomic mass is 9.98. The number of hydrogen-bond donors (Lipinski definition) is 2. The van der Waals surface area contributed by atoms with Gasteiger partial charge in [-0.3, -0.25) is 9.78 Å². The highest BCUT2D eigenvalue weighted by Gasteiger charge is 2.29. The average Bonchev–Trinajstić information content (AvgIpc) is 3.26. The second kappa shape index (κ2) is 10.2. The largest absolute Gasteiger partial charge is 0.343 e. The summed E-state index contributed by atoms with van der Waals surface area (Å²) in [5.41, 5.74) is 4.85. The van der Waals surface area contributed by atoms with Crippen molar-refractivity contribution in [2.75, 3.05) is 6.54 Å². The van der Waals surface area contributed by atoms with Gasteiger partial charge in [0.15, 0.2) is 5.69 Å². The summed E-state index contributed by atoms with van der Waals surface area (Å²) < 4.78 is 15.1. The highest BCUT2D eigenvalue weighted by atomic mass is 35.5. The molecule has 0 unspecified atom stereocenters. The maximum atomic E-state index is 13.5. The predicted octanol–water partition coefficient (Wildman–Crippen LogP) is 5.85. The number of nitrogens with one attached hydrogen (secondary N) is 2. The molecule has 0 fully saturated rings. The Balaban J connectivity index is 1.61. The first-order valence-corrected chi connectivity index (χ1v) is 12.1. The maximum absolute atomic E-state index is 13.5. The Labute approximate surface area is 217 Å². The molecule has 182 valence electrons. The van der Waals surface area contributed by atoms with E-state index in [2.05, 4.69) is 15.6 Å². The van der Waals surface area contributed by atoms with Crippen molar-refractivity contribution in [1.29, 1.82) is 0 Å². The molecule has 1 atom stereocenters. The number of rotatable bonds is 5. The number of aromatic nitrogens is 3. The first-order valence-electron chi connectivity index (χ1n) is 11.4. The lowest BCUT2D eigenvalue weighted by Gasteiger charge is -2.20. The Morgan fingerprint density at radius 2 is 1.94 bits per heavy atom. The predicted molar refractivity (Wildman–Crippen MR) is 140 cm³/mol. The molecule has 5 rings (SSSR count). The molecule has 1 amide bonds. The van der Waals surface area contributed by atoms with Crippen LogP contribution in [-0.4, -0.2) is 27.2 Å². The molecule has 1 aliphatic heterocycles. The second-order valence-electron chi connectivity index (χ2n) is 8.46. The summed E-state index contributed by atoms with van der Waals surface area (Å²) in [5, 5.41) is 12.0. The zero-order valence-corrected chi connectivity index (χ0v) is 20.8. The molecule has 6 nitrogen and oxygen atoms in total. The number of fused-ring (bicyclic) bond motifs is 1. The van der Waals surface area contributed by atoms with Crippen LogP contribution in [0.25, 0.3) is 17.3 Å². The summed E-state index contributed by atoms with van der Waals surface area (Å²) >= 11 is 12.7. The molecule has 0 spiro atoms. The Morgan fingerprint density at radius 3 is 2.67 bits per heavy atom. The lowest BCUT2D eigenvalue weighted by molar-refractivity contribution is 0.0932. The molecule has 2 N–H and O–H groups in total. The van der Waals surface area contributed by atoms with Gasteiger partial charge in [-0.25, -0.2) is 9.07 Å². The van der Waals surface area contributed by atoms with Crippen molar-refractivity contribution in [3.63, 3.8) is 0 Å². The van der Waals surface area contributed by atoms with E-state index in [0.29, 0.717) is 28.8 Å². The van der Waals surface area contributed by atoms with Gasteiger partial charge in [0.25, 0.3) is 5.91 Å². The molecule has 0 aliphatic carbocycles. The van der Waals surface area contributed by atoms with E-state index in [1.165, 1.54) is 12.1 Å². The maximum Gasteiger partial charge on any atom is 0.272 e. The summed E-state index contributed by atoms with van der Waals surface area (Å²) in [7, 11) is 0. The molecule has 0 saturated heterocycles. The van der Waals surface area contributed by atoms with Crippen LogP contribution in [-0.2, 0) is 6.54 Å². The van der Waals surface area contributed by atoms with Crippen molar-refractivity contribution < 1.29 is 9.18 Å². The fraction of sp³-hybridized carbons (Fsp3) is 0.148. The average molecular weight is 522 g/mol. The van der Waals surface area contributed by atoms with E-state index in [9.17, 15) is 9.18 Å². The molecule has 2 aromatic carbocycles. The van der Waals surface area contributed by atoms with Crippen molar-refractivity contribution in [3.05, 3.63) is 111 Å². The van der Waals surface area contributed by atoms with E-state index in [0.717, 1.165) is 28.1 Å². The molecule has 0 radical (unpaired) electrons. The van der Waals surface area contributed by atoms with Gasteiger partial charge < -0.3 is 10.6 Å². The van der Waals surface area contributed by atoms with Gasteiger partial charge in [-0.2, -0.15) is 5.10 Å². The normalized spacial score (nSPS) is 14.9. The minimum Gasteiger partial charge on any atom is -0.343 e. The van der Waals surface area contributed by atoms with Crippen LogP contribution in [0, 0.1) is 5.82 Å². The molecule has 9 heteroatoms. The Hall–Kier alpha value is -3.52. The van der Waals surface area contributed by atoms with Gasteiger partial charge in [-0.05, 0) is 66.6 Å². The van der Waals surface area contributed by atoms with Crippen LogP contribution in [0.1, 0.15) is 46.0 Å². The van der Waals surface area contributed by atoms with Gasteiger partial charge >= 0.3 is 0 Å². The van der Waals surface area contributed by atoms with Crippen LogP contribution in [0.2, 0.25) is 10.0 Å². The summed E-state index contributed by atoms with van der Waals surface area (Å²) in [5.74, 6) is -0.628. The fourth-order valence-electron chi connectivity index (χ4n) is 4.21. The highest BCUT2D eigenvalue weighted by molar-refractivity contribution is 6.35. The quantitative estimate of drug-likeness (QED) is 0.345. The first kappa shape index (κ1) is 24.2. The molecular weight excluding hydrogens is 500 g/mol. The number of amides is 1. The van der Waals surface area contributed by atoms with E-state index < -0.39 is 0 Å². The van der Waals surface area contributed by atoms with Crippen molar-refractivity contribution in [2.45, 2.75) is 19.5 Å². The second-order valence-corrected chi connectivity index (χ2v) is 9.30. The smallest absolute Gasteiger partial charge is 0.272 e. The Bertz CT molecular complexity index is 1450. The summed E-state index contributed by atoms with van der Waals surface area (Å²) in [6.07, 6.45) is 3.64. The van der Waals surface area contributed by atoms with Crippen LogP contribution < -0.4 is 10.6 Å². The molecule has 0 bridgehead atoms. The Morgan fingerprint density at radius 1 is 1.14 bits per heavy atom. The van der Waals surface area contributed by atoms with Crippen LogP contribution in [0.5, 0.6) is 0 Å². The molecular formula is C27H22Cl2FN5O. The van der Waals surface area contributed by atoms with Gasteiger partial charge in [0, 0.05) is 29.9 Å². The molecule has 36 heavy (non-hydrogen) atoms. The topological polar surface area (TPSA) is 71.8 Å². The summed E-state index contributed by atoms with van der Waals surface area (Å²) in [6.45, 7) is 2.85. The summed E-state index contributed by atoms with van der Waals surface area (Å²) in [4.78, 5) is 17.8. The number of carbonyl (C=O) groups excluding carboxylic acids is 1. The standard InChI is InChI=1S/C27H22Cl2FN5O/c1-16(23-4-2-3-11-32-23)33-27(36)25-21-15-31-14-18(12-17-5-8-20(30)9-6-17)26(21)35(34-25)24-10-7-19(28)13-22(24)29/h2-13,16,31H,14-15H2,1H3,(H,33,36)/b18-12+/t16-/m1/s1. The van der Waals surface area contributed by atoms with Gasteiger partial charge in [0.1, 0.15) is 5.82 Å². The van der Waals surface area contributed by atoms with Crippen LogP contribution in [0.4, 0.5) is 4.39 Å². The van der Waals surface area contributed by atoms with E-state index in [1.807, 2.05) is 31.2 Å². The van der Waals surface area contributed by atoms with Gasteiger partial charge in [0.2, 0.25) is 0 Å². The van der Waals surface area contributed by atoms with E-state index >= 15 is 0 Å². The zero-order valence-electron chi connectivity index (χ0n) is 19.3. The van der Waals surface area contributed by atoms with Crippen LogP contribution in [0.3, 0.4) is 0 Å². The fourth-order valence-corrected chi connectivity index (χ4v) is 4.70. The van der Waals surface area contributed by atoms with Crippen LogP contribution in [0.15, 0.2) is 66.9 Å². The van der Waals surface area contributed by atoms with E-state index in [1.54, 1.807) is 41.2 Å². The minimum absolute atomic E-state index is 0.288. The molecule has 3 heterocycles. The Kier molecular flexibility index (Phi) is 6.87. The van der Waals surface area contributed by atoms with E-state index in [4.69, 9.17) is 28.3 Å². The van der Waals surface area contributed by atoms with Crippen molar-refractivity contribution in [1.82, 2.24) is 25.4 Å². The summed E-state index contributed by atoms with van der Waals surface area (Å²) in [6, 6.07) is 16.6. The zero-order chi connectivity index (χ0) is 25.2. The molecule has 0 saturated carbocycles. The SMILES string of the molecule is C[C@@H](NC(=O)c1nn(-c2ccc(Cl)cc2Cl)c2c1CNC/C2=C\c1ccc(F)cc1)c1ccccn1. The van der Waals surface area contributed by atoms with Crippen molar-refractivity contribution in [3.8, 4) is 5.69 Å². The van der Waals surface area contributed by atoms with Crippen LogP contribution >= 0.6 is 23.2 Å². The third kappa shape index (κ3) is 4.91. The third-order valence-electron chi connectivity index (χ3n) is 5.95. The van der Waals surface area contributed by atoms with Gasteiger partial charge in [-0.1, -0.05) is 41.4 Å². The third-order valence-corrected chi connectivity index (χ3v) is 6.49. The number of nitrogens with zero attached hydrogens (tertiary/aromatic N) is 3. The number of pyridine rings is 1. The number of benzene rings is 2. The number of halogens is 3. The van der Waals surface area contributed by atoms with Gasteiger partial charge in [-0.15, -0.1) is 0 Å². The molecule has 4 aromatic rings. The minimum atomic E-state index is -0.321. The van der Waals surface area contributed by atoms with Crippen molar-refractivity contribution >= 4 is 40.8 Å².